The molecule has 5 heteroatoms. The van der Waals surface area contributed by atoms with Crippen LogP contribution in [-0.4, -0.2) is 24.5 Å². The Morgan fingerprint density at radius 3 is 2.50 bits per heavy atom. The second-order valence-electron chi connectivity index (χ2n) is 6.57. The second-order valence-corrected chi connectivity index (χ2v) is 6.57. The predicted octanol–water partition coefficient (Wildman–Crippen LogP) is 3.98. The zero-order chi connectivity index (χ0) is 19.8. The lowest BCUT2D eigenvalue weighted by molar-refractivity contribution is 0.0946. The number of benzene rings is 2. The molecule has 5 nitrogen and oxygen atoms in total. The second kappa shape index (κ2) is 9.55. The lowest BCUT2D eigenvalue weighted by atomic mass is 10.1. The van der Waals surface area contributed by atoms with Crippen LogP contribution >= 0.6 is 0 Å². The Kier molecular flexibility index (Phi) is 6.63. The van der Waals surface area contributed by atoms with Crippen molar-refractivity contribution >= 4 is 11.6 Å². The Bertz CT molecular complexity index is 906. The number of anilines is 1. The molecule has 0 bridgehead atoms. The molecular formula is C23H25N3O2. The molecule has 0 atom stereocenters. The lowest BCUT2D eigenvalue weighted by Crippen LogP contribution is -2.24. The van der Waals surface area contributed by atoms with Gasteiger partial charge in [0.2, 0.25) is 0 Å². The minimum atomic E-state index is -0.173. The Labute approximate surface area is 165 Å². The van der Waals surface area contributed by atoms with Crippen LogP contribution < -0.4 is 15.4 Å². The van der Waals surface area contributed by atoms with Crippen molar-refractivity contribution < 1.29 is 9.53 Å². The maximum Gasteiger partial charge on any atom is 0.270 e. The SMILES string of the molecule is COc1ccc(CCNc2ccc(C(=O)NCc3ccccc3C)nc2)cc1. The van der Waals surface area contributed by atoms with Gasteiger partial charge in [-0.2, -0.15) is 0 Å². The Morgan fingerprint density at radius 1 is 1.04 bits per heavy atom. The number of hydrogen-bond donors (Lipinski definition) is 2. The van der Waals surface area contributed by atoms with Crippen molar-refractivity contribution in [3.05, 3.63) is 89.2 Å². The van der Waals surface area contributed by atoms with E-state index >= 15 is 0 Å². The van der Waals surface area contributed by atoms with Gasteiger partial charge in [-0.05, 0) is 54.3 Å². The predicted molar refractivity (Wildman–Crippen MR) is 112 cm³/mol. The molecule has 0 fully saturated rings. The third-order valence-electron chi connectivity index (χ3n) is 4.60. The molecule has 0 aliphatic carbocycles. The van der Waals surface area contributed by atoms with Crippen molar-refractivity contribution in [1.29, 1.82) is 0 Å². The zero-order valence-electron chi connectivity index (χ0n) is 16.2. The molecule has 2 N–H and O–H groups in total. The van der Waals surface area contributed by atoms with Crippen LogP contribution in [0.5, 0.6) is 5.75 Å². The Hall–Kier alpha value is -3.34. The van der Waals surface area contributed by atoms with Gasteiger partial charge in [-0.1, -0.05) is 36.4 Å². The molecule has 1 amide bonds. The number of methoxy groups -OCH3 is 1. The number of aromatic nitrogens is 1. The molecule has 3 aromatic rings. The summed E-state index contributed by atoms with van der Waals surface area (Å²) in [6.45, 7) is 3.31. The largest absolute Gasteiger partial charge is 0.497 e. The fraction of sp³-hybridized carbons (Fsp3) is 0.217. The molecule has 2 aromatic carbocycles. The smallest absolute Gasteiger partial charge is 0.270 e. The number of rotatable bonds is 8. The number of nitrogens with one attached hydrogen (secondary N) is 2. The normalized spacial score (nSPS) is 10.4. The summed E-state index contributed by atoms with van der Waals surface area (Å²) in [6.07, 6.45) is 2.58. The molecule has 1 aromatic heterocycles. The van der Waals surface area contributed by atoms with Crippen molar-refractivity contribution in [2.75, 3.05) is 19.0 Å². The van der Waals surface area contributed by atoms with Crippen LogP contribution in [-0.2, 0) is 13.0 Å². The van der Waals surface area contributed by atoms with Gasteiger partial charge in [-0.25, -0.2) is 4.98 Å². The summed E-state index contributed by atoms with van der Waals surface area (Å²) < 4.78 is 5.17. The van der Waals surface area contributed by atoms with Crippen LogP contribution in [0.15, 0.2) is 66.9 Å². The van der Waals surface area contributed by atoms with Crippen molar-refractivity contribution in [2.24, 2.45) is 0 Å². The van der Waals surface area contributed by atoms with Gasteiger partial charge in [0, 0.05) is 13.1 Å². The highest BCUT2D eigenvalue weighted by Crippen LogP contribution is 2.12. The Morgan fingerprint density at radius 2 is 1.82 bits per heavy atom. The van der Waals surface area contributed by atoms with Crippen molar-refractivity contribution in [3.8, 4) is 5.75 Å². The molecule has 144 valence electrons. The van der Waals surface area contributed by atoms with Crippen LogP contribution in [0.1, 0.15) is 27.2 Å². The Balaban J connectivity index is 1.47. The molecule has 0 unspecified atom stereocenters. The van der Waals surface area contributed by atoms with Gasteiger partial charge in [0.1, 0.15) is 11.4 Å². The minimum absolute atomic E-state index is 0.173. The van der Waals surface area contributed by atoms with Crippen LogP contribution in [0.2, 0.25) is 0 Å². The van der Waals surface area contributed by atoms with E-state index in [1.165, 1.54) is 5.56 Å². The fourth-order valence-corrected chi connectivity index (χ4v) is 2.85. The first-order chi connectivity index (χ1) is 13.7. The first-order valence-corrected chi connectivity index (χ1v) is 9.31. The molecule has 0 saturated heterocycles. The third-order valence-corrected chi connectivity index (χ3v) is 4.60. The van der Waals surface area contributed by atoms with E-state index < -0.39 is 0 Å². The average Bonchev–Trinajstić information content (AvgIpc) is 2.74. The minimum Gasteiger partial charge on any atom is -0.497 e. The molecule has 3 rings (SSSR count). The van der Waals surface area contributed by atoms with E-state index in [9.17, 15) is 4.79 Å². The molecular weight excluding hydrogens is 350 g/mol. The zero-order valence-corrected chi connectivity index (χ0v) is 16.2. The maximum atomic E-state index is 12.3. The highest BCUT2D eigenvalue weighted by molar-refractivity contribution is 5.92. The summed E-state index contributed by atoms with van der Waals surface area (Å²) in [5, 5.41) is 6.25. The number of nitrogens with zero attached hydrogens (tertiary/aromatic N) is 1. The molecule has 1 heterocycles. The van der Waals surface area contributed by atoms with Crippen molar-refractivity contribution in [1.82, 2.24) is 10.3 Å². The first-order valence-electron chi connectivity index (χ1n) is 9.31. The summed E-state index contributed by atoms with van der Waals surface area (Å²) >= 11 is 0. The summed E-state index contributed by atoms with van der Waals surface area (Å²) in [6, 6.07) is 19.7. The van der Waals surface area contributed by atoms with Crippen LogP contribution in [0.3, 0.4) is 0 Å². The number of ether oxygens (including phenoxy) is 1. The van der Waals surface area contributed by atoms with Crippen molar-refractivity contribution in [2.45, 2.75) is 19.9 Å². The molecule has 0 aliphatic heterocycles. The van der Waals surface area contributed by atoms with E-state index in [4.69, 9.17) is 4.74 Å². The van der Waals surface area contributed by atoms with Crippen LogP contribution in [0.25, 0.3) is 0 Å². The number of pyridine rings is 1. The van der Waals surface area contributed by atoms with E-state index in [0.29, 0.717) is 12.2 Å². The topological polar surface area (TPSA) is 63.2 Å². The van der Waals surface area contributed by atoms with E-state index in [1.807, 2.05) is 49.4 Å². The average molecular weight is 375 g/mol. The van der Waals surface area contributed by atoms with E-state index in [1.54, 1.807) is 19.4 Å². The number of carbonyl (C=O) groups is 1. The summed E-state index contributed by atoms with van der Waals surface area (Å²) in [4.78, 5) is 16.6. The summed E-state index contributed by atoms with van der Waals surface area (Å²) in [5.41, 5.74) is 4.80. The molecule has 0 radical (unpaired) electrons. The molecule has 0 saturated carbocycles. The quantitative estimate of drug-likeness (QED) is 0.625. The van der Waals surface area contributed by atoms with Gasteiger partial charge >= 0.3 is 0 Å². The van der Waals surface area contributed by atoms with Gasteiger partial charge in [0.05, 0.1) is 19.0 Å². The monoisotopic (exact) mass is 375 g/mol. The lowest BCUT2D eigenvalue weighted by Gasteiger charge is -2.09. The van der Waals surface area contributed by atoms with E-state index in [2.05, 4.69) is 27.8 Å². The fourth-order valence-electron chi connectivity index (χ4n) is 2.85. The highest BCUT2D eigenvalue weighted by atomic mass is 16.5. The van der Waals surface area contributed by atoms with Gasteiger partial charge < -0.3 is 15.4 Å². The van der Waals surface area contributed by atoms with Crippen LogP contribution in [0, 0.1) is 6.92 Å². The maximum absolute atomic E-state index is 12.3. The van der Waals surface area contributed by atoms with Crippen LogP contribution in [0.4, 0.5) is 5.69 Å². The molecule has 28 heavy (non-hydrogen) atoms. The summed E-state index contributed by atoms with van der Waals surface area (Å²) in [5.74, 6) is 0.685. The third kappa shape index (κ3) is 5.33. The van der Waals surface area contributed by atoms with Gasteiger partial charge in [0.15, 0.2) is 0 Å². The highest BCUT2D eigenvalue weighted by Gasteiger charge is 2.07. The first kappa shape index (κ1) is 19.4. The number of hydrogen-bond acceptors (Lipinski definition) is 4. The standard InChI is InChI=1S/C23H25N3O2/c1-17-5-3-4-6-19(17)15-26-23(27)22-12-9-20(16-25-22)24-14-13-18-7-10-21(28-2)11-8-18/h3-12,16,24H,13-15H2,1-2H3,(H,26,27). The molecule has 0 aliphatic rings. The van der Waals surface area contributed by atoms with Gasteiger partial charge in [0.25, 0.3) is 5.91 Å². The van der Waals surface area contributed by atoms with E-state index in [-0.39, 0.29) is 5.91 Å². The van der Waals surface area contributed by atoms with Gasteiger partial charge in [-0.15, -0.1) is 0 Å². The van der Waals surface area contributed by atoms with E-state index in [0.717, 1.165) is 35.5 Å². The molecule has 0 spiro atoms. The number of amides is 1. The summed E-state index contributed by atoms with van der Waals surface area (Å²) in [7, 11) is 1.66. The number of aryl methyl sites for hydroxylation is 1. The van der Waals surface area contributed by atoms with Crippen molar-refractivity contribution in [3.63, 3.8) is 0 Å². The van der Waals surface area contributed by atoms with Gasteiger partial charge in [-0.3, -0.25) is 4.79 Å². The number of carbonyl (C=O) groups excluding carboxylic acids is 1.